The van der Waals surface area contributed by atoms with Gasteiger partial charge in [-0.1, -0.05) is 25.3 Å². The molecule has 2 heterocycles. The average molecular weight is 434 g/mol. The number of esters is 1. The number of rotatable bonds is 7. The fourth-order valence-electron chi connectivity index (χ4n) is 3.84. The molecule has 0 saturated heterocycles. The zero-order chi connectivity index (χ0) is 22.3. The quantitative estimate of drug-likeness (QED) is 0.512. The average Bonchev–Trinajstić information content (AvgIpc) is 2.84. The van der Waals surface area contributed by atoms with Gasteiger partial charge >= 0.3 is 5.97 Å². The molecule has 1 aliphatic carbocycles. The van der Waals surface area contributed by atoms with Crippen molar-refractivity contribution < 1.29 is 14.3 Å². The molecule has 8 nitrogen and oxygen atoms in total. The predicted octanol–water partition coefficient (Wildman–Crippen LogP) is 4.82. The number of nitrogens with one attached hydrogen (secondary N) is 2. The zero-order valence-corrected chi connectivity index (χ0v) is 18.3. The summed E-state index contributed by atoms with van der Waals surface area (Å²) in [4.78, 5) is 25.8. The number of pyridine rings is 1. The maximum absolute atomic E-state index is 12.0. The topological polar surface area (TPSA) is 98.3 Å². The molecule has 1 aromatic carbocycles. The zero-order valence-electron chi connectivity index (χ0n) is 18.3. The molecular formula is C24H27N5O3. The molecule has 0 spiro atoms. The molecule has 1 aliphatic rings. The first-order valence-corrected chi connectivity index (χ1v) is 10.8. The van der Waals surface area contributed by atoms with E-state index in [4.69, 9.17) is 14.5 Å². The van der Waals surface area contributed by atoms with Crippen molar-refractivity contribution in [2.24, 2.45) is 0 Å². The van der Waals surface area contributed by atoms with Gasteiger partial charge in [-0.3, -0.25) is 4.98 Å². The van der Waals surface area contributed by atoms with Crippen molar-refractivity contribution in [3.05, 3.63) is 54.2 Å². The van der Waals surface area contributed by atoms with Crippen molar-refractivity contribution in [1.82, 2.24) is 15.0 Å². The molecule has 0 radical (unpaired) electrons. The van der Waals surface area contributed by atoms with Gasteiger partial charge in [0.1, 0.15) is 11.6 Å². The summed E-state index contributed by atoms with van der Waals surface area (Å²) in [6.45, 7) is 0. The van der Waals surface area contributed by atoms with Crippen LogP contribution in [0.4, 0.5) is 17.5 Å². The number of aromatic nitrogens is 3. The van der Waals surface area contributed by atoms with Crippen LogP contribution in [0.5, 0.6) is 5.75 Å². The van der Waals surface area contributed by atoms with Crippen molar-refractivity contribution in [2.75, 3.05) is 24.9 Å². The van der Waals surface area contributed by atoms with E-state index >= 15 is 0 Å². The van der Waals surface area contributed by atoms with Crippen LogP contribution in [-0.4, -0.2) is 41.2 Å². The molecule has 4 rings (SSSR count). The lowest BCUT2D eigenvalue weighted by Crippen LogP contribution is -2.23. The van der Waals surface area contributed by atoms with Gasteiger partial charge in [-0.25, -0.2) is 9.78 Å². The van der Waals surface area contributed by atoms with Crippen LogP contribution in [0.1, 0.15) is 42.5 Å². The number of methoxy groups -OCH3 is 2. The molecule has 3 aromatic rings. The third kappa shape index (κ3) is 5.14. The molecule has 2 N–H and O–H groups in total. The molecule has 32 heavy (non-hydrogen) atoms. The summed E-state index contributed by atoms with van der Waals surface area (Å²) in [5, 5.41) is 6.77. The van der Waals surface area contributed by atoms with Crippen LogP contribution in [0.3, 0.4) is 0 Å². The lowest BCUT2D eigenvalue weighted by atomic mass is 9.96. The second-order valence-electron chi connectivity index (χ2n) is 7.69. The van der Waals surface area contributed by atoms with Crippen molar-refractivity contribution >= 4 is 23.4 Å². The summed E-state index contributed by atoms with van der Waals surface area (Å²) in [5.74, 6) is 1.27. The largest absolute Gasteiger partial charge is 0.495 e. The van der Waals surface area contributed by atoms with Gasteiger partial charge in [-0.2, -0.15) is 4.98 Å². The second-order valence-corrected chi connectivity index (χ2v) is 7.69. The number of anilines is 3. The van der Waals surface area contributed by atoms with Crippen LogP contribution in [0.2, 0.25) is 0 Å². The summed E-state index contributed by atoms with van der Waals surface area (Å²) in [5.41, 5.74) is 2.46. The van der Waals surface area contributed by atoms with Gasteiger partial charge in [0.25, 0.3) is 0 Å². The van der Waals surface area contributed by atoms with E-state index < -0.39 is 5.97 Å². The Balaban J connectivity index is 1.69. The van der Waals surface area contributed by atoms with E-state index in [2.05, 4.69) is 20.6 Å². The predicted molar refractivity (Wildman–Crippen MR) is 123 cm³/mol. The highest BCUT2D eigenvalue weighted by Gasteiger charge is 2.17. The SMILES string of the molecule is COC(=O)c1ccc(OC)c(Nc2cc(-c3ccccn3)nc(NC3CCCCC3)n2)c1. The number of nitrogens with zero attached hydrogens (tertiary/aromatic N) is 3. The van der Waals surface area contributed by atoms with E-state index in [9.17, 15) is 4.79 Å². The fourth-order valence-corrected chi connectivity index (χ4v) is 3.84. The van der Waals surface area contributed by atoms with E-state index in [1.807, 2.05) is 24.3 Å². The Morgan fingerprint density at radius 2 is 1.84 bits per heavy atom. The molecule has 166 valence electrons. The molecular weight excluding hydrogens is 406 g/mol. The van der Waals surface area contributed by atoms with E-state index in [0.29, 0.717) is 40.5 Å². The van der Waals surface area contributed by atoms with E-state index in [1.54, 1.807) is 31.5 Å². The summed E-state index contributed by atoms with van der Waals surface area (Å²) >= 11 is 0. The minimum absolute atomic E-state index is 0.354. The normalized spacial score (nSPS) is 13.9. The van der Waals surface area contributed by atoms with Gasteiger partial charge in [0, 0.05) is 18.3 Å². The van der Waals surface area contributed by atoms with E-state index in [-0.39, 0.29) is 0 Å². The Bertz CT molecular complexity index is 1070. The maximum Gasteiger partial charge on any atom is 0.337 e. The number of ether oxygens (including phenoxy) is 2. The molecule has 0 unspecified atom stereocenters. The van der Waals surface area contributed by atoms with Gasteiger partial charge in [-0.05, 0) is 43.2 Å². The Labute approximate surface area is 187 Å². The van der Waals surface area contributed by atoms with Crippen molar-refractivity contribution in [3.8, 4) is 17.1 Å². The highest BCUT2D eigenvalue weighted by atomic mass is 16.5. The smallest absolute Gasteiger partial charge is 0.337 e. The first-order chi connectivity index (χ1) is 15.7. The molecule has 0 amide bonds. The first kappa shape index (κ1) is 21.5. The summed E-state index contributed by atoms with van der Waals surface area (Å²) in [6, 6.07) is 13.0. The Morgan fingerprint density at radius 3 is 2.56 bits per heavy atom. The number of carbonyl (C=O) groups excluding carboxylic acids is 1. The molecule has 0 atom stereocenters. The fraction of sp³-hybridized carbons (Fsp3) is 0.333. The number of hydrogen-bond acceptors (Lipinski definition) is 8. The highest BCUT2D eigenvalue weighted by Crippen LogP contribution is 2.30. The maximum atomic E-state index is 12.0. The van der Waals surface area contributed by atoms with E-state index in [1.165, 1.54) is 26.4 Å². The molecule has 1 fully saturated rings. The summed E-state index contributed by atoms with van der Waals surface area (Å²) in [6.07, 6.45) is 7.64. The second kappa shape index (κ2) is 10.1. The lowest BCUT2D eigenvalue weighted by molar-refractivity contribution is 0.0600. The van der Waals surface area contributed by atoms with Crippen molar-refractivity contribution in [1.29, 1.82) is 0 Å². The van der Waals surface area contributed by atoms with Crippen LogP contribution >= 0.6 is 0 Å². The number of benzene rings is 1. The van der Waals surface area contributed by atoms with Crippen LogP contribution in [0.25, 0.3) is 11.4 Å². The number of hydrogen-bond donors (Lipinski definition) is 2. The third-order valence-corrected chi connectivity index (χ3v) is 5.48. The first-order valence-electron chi connectivity index (χ1n) is 10.8. The van der Waals surface area contributed by atoms with Crippen LogP contribution in [0, 0.1) is 0 Å². The third-order valence-electron chi connectivity index (χ3n) is 5.48. The Morgan fingerprint density at radius 1 is 1.00 bits per heavy atom. The Kier molecular flexibility index (Phi) is 6.79. The van der Waals surface area contributed by atoms with Gasteiger partial charge in [0.15, 0.2) is 0 Å². The minimum Gasteiger partial charge on any atom is -0.495 e. The Hall–Kier alpha value is -3.68. The van der Waals surface area contributed by atoms with Crippen LogP contribution in [0.15, 0.2) is 48.7 Å². The lowest BCUT2D eigenvalue weighted by Gasteiger charge is -2.23. The molecule has 8 heteroatoms. The van der Waals surface area contributed by atoms with Gasteiger partial charge < -0.3 is 20.1 Å². The van der Waals surface area contributed by atoms with Gasteiger partial charge in [0.05, 0.1) is 36.9 Å². The minimum atomic E-state index is -0.424. The monoisotopic (exact) mass is 433 g/mol. The van der Waals surface area contributed by atoms with Crippen LogP contribution in [-0.2, 0) is 4.74 Å². The molecule has 0 aliphatic heterocycles. The van der Waals surface area contributed by atoms with Gasteiger partial charge in [0.2, 0.25) is 5.95 Å². The van der Waals surface area contributed by atoms with Crippen molar-refractivity contribution in [3.63, 3.8) is 0 Å². The molecule has 2 aromatic heterocycles. The highest BCUT2D eigenvalue weighted by molar-refractivity contribution is 5.91. The van der Waals surface area contributed by atoms with Gasteiger partial charge in [-0.15, -0.1) is 0 Å². The summed E-state index contributed by atoms with van der Waals surface area (Å²) in [7, 11) is 2.93. The summed E-state index contributed by atoms with van der Waals surface area (Å²) < 4.78 is 10.3. The standard InChI is InChI=1S/C24H27N5O3/c1-31-21-12-11-16(23(30)32-2)14-20(21)27-22-15-19(18-10-6-7-13-25-18)28-24(29-22)26-17-8-4-3-5-9-17/h6-7,10-15,17H,3-5,8-9H2,1-2H3,(H2,26,27,28,29). The van der Waals surface area contributed by atoms with E-state index in [0.717, 1.165) is 18.5 Å². The van der Waals surface area contributed by atoms with Crippen LogP contribution < -0.4 is 15.4 Å². The molecule has 1 saturated carbocycles. The number of carbonyl (C=O) groups is 1. The molecule has 0 bridgehead atoms. The van der Waals surface area contributed by atoms with Crippen molar-refractivity contribution in [2.45, 2.75) is 38.1 Å².